The van der Waals surface area contributed by atoms with Crippen LogP contribution in [-0.4, -0.2) is 44.1 Å². The molecule has 8 nitrogen and oxygen atoms in total. The van der Waals surface area contributed by atoms with Crippen molar-refractivity contribution in [1.82, 2.24) is 5.32 Å². The summed E-state index contributed by atoms with van der Waals surface area (Å²) in [6.45, 7) is 2.67. The molecule has 4 amide bonds. The quantitative estimate of drug-likeness (QED) is 0.498. The number of ether oxygens (including phenoxy) is 1. The standard InChI is InChI=1S/C29H31N3O5/c33-26-24(14-23-5-6-25(37-23)31-7-9-36-10-8-31)27(34)32(28(35)30-26)22-3-1-21(2-4-22)29-15-18-11-19(16-29)13-20(12-18)17-29/h1-6,14,18-20H,7-13,15-17H2,(H,30,33,35)/b24-14+. The van der Waals surface area contributed by atoms with E-state index < -0.39 is 17.8 Å². The van der Waals surface area contributed by atoms with Gasteiger partial charge in [0.15, 0.2) is 5.88 Å². The Morgan fingerprint density at radius 2 is 1.51 bits per heavy atom. The van der Waals surface area contributed by atoms with Crippen LogP contribution in [0.4, 0.5) is 16.4 Å². The van der Waals surface area contributed by atoms with Crippen LogP contribution < -0.4 is 15.1 Å². The van der Waals surface area contributed by atoms with E-state index >= 15 is 0 Å². The van der Waals surface area contributed by atoms with Gasteiger partial charge >= 0.3 is 6.03 Å². The summed E-state index contributed by atoms with van der Waals surface area (Å²) in [7, 11) is 0. The predicted molar refractivity (Wildman–Crippen MR) is 137 cm³/mol. The molecule has 1 N–H and O–H groups in total. The summed E-state index contributed by atoms with van der Waals surface area (Å²) >= 11 is 0. The zero-order valence-corrected chi connectivity index (χ0v) is 20.8. The van der Waals surface area contributed by atoms with Crippen molar-refractivity contribution in [3.05, 3.63) is 53.3 Å². The molecule has 2 aromatic rings. The number of barbiturate groups is 1. The summed E-state index contributed by atoms with van der Waals surface area (Å²) in [5.74, 6) is 2.18. The van der Waals surface area contributed by atoms with Gasteiger partial charge in [0.1, 0.15) is 11.3 Å². The van der Waals surface area contributed by atoms with Gasteiger partial charge in [-0.2, -0.15) is 0 Å². The van der Waals surface area contributed by atoms with Crippen molar-refractivity contribution < 1.29 is 23.5 Å². The topological polar surface area (TPSA) is 92.1 Å². The second-order valence-corrected chi connectivity index (χ2v) is 11.5. The van der Waals surface area contributed by atoms with E-state index in [0.717, 1.165) is 22.7 Å². The molecule has 4 saturated carbocycles. The van der Waals surface area contributed by atoms with Gasteiger partial charge in [-0.3, -0.25) is 14.9 Å². The molecule has 192 valence electrons. The number of nitrogens with one attached hydrogen (secondary N) is 1. The molecule has 0 radical (unpaired) electrons. The van der Waals surface area contributed by atoms with E-state index in [9.17, 15) is 14.4 Å². The average Bonchev–Trinajstić information content (AvgIpc) is 3.35. The Labute approximate surface area is 215 Å². The number of furan rings is 1. The number of morpholine rings is 1. The van der Waals surface area contributed by atoms with E-state index in [1.165, 1.54) is 50.2 Å². The van der Waals surface area contributed by atoms with Crippen molar-refractivity contribution in [2.45, 2.75) is 43.9 Å². The first-order chi connectivity index (χ1) is 18.0. The number of imide groups is 2. The number of nitrogens with zero attached hydrogens (tertiary/aromatic N) is 2. The molecule has 4 bridgehead atoms. The van der Waals surface area contributed by atoms with Crippen molar-refractivity contribution in [3.63, 3.8) is 0 Å². The van der Waals surface area contributed by atoms with E-state index in [1.54, 1.807) is 6.07 Å². The number of amides is 4. The summed E-state index contributed by atoms with van der Waals surface area (Å²) < 4.78 is 11.3. The molecule has 6 aliphatic rings. The molecule has 1 aromatic heterocycles. The van der Waals surface area contributed by atoms with Gasteiger partial charge in [0.05, 0.1) is 18.9 Å². The van der Waals surface area contributed by atoms with Gasteiger partial charge in [-0.25, -0.2) is 9.69 Å². The lowest BCUT2D eigenvalue weighted by molar-refractivity contribution is -0.122. The van der Waals surface area contributed by atoms with Crippen LogP contribution in [-0.2, 0) is 19.7 Å². The average molecular weight is 502 g/mol. The lowest BCUT2D eigenvalue weighted by atomic mass is 9.48. The molecule has 1 aromatic carbocycles. The third kappa shape index (κ3) is 3.89. The van der Waals surface area contributed by atoms with E-state index in [2.05, 4.69) is 22.3 Å². The minimum absolute atomic E-state index is 0.132. The number of anilines is 2. The van der Waals surface area contributed by atoms with E-state index in [-0.39, 0.29) is 11.0 Å². The molecule has 0 unspecified atom stereocenters. The lowest BCUT2D eigenvalue weighted by Crippen LogP contribution is -2.54. The largest absolute Gasteiger partial charge is 0.441 e. The Balaban J connectivity index is 1.13. The monoisotopic (exact) mass is 501 g/mol. The Bertz CT molecular complexity index is 1250. The van der Waals surface area contributed by atoms with Gasteiger partial charge in [-0.1, -0.05) is 12.1 Å². The first-order valence-electron chi connectivity index (χ1n) is 13.4. The Morgan fingerprint density at radius 3 is 2.16 bits per heavy atom. The molecule has 0 spiro atoms. The molecule has 6 fully saturated rings. The van der Waals surface area contributed by atoms with Crippen LogP contribution in [0.1, 0.15) is 49.8 Å². The van der Waals surface area contributed by atoms with Gasteiger partial charge in [0.25, 0.3) is 11.8 Å². The van der Waals surface area contributed by atoms with Gasteiger partial charge in [0, 0.05) is 19.2 Å². The van der Waals surface area contributed by atoms with Crippen molar-refractivity contribution in [1.29, 1.82) is 0 Å². The number of hydrogen-bond acceptors (Lipinski definition) is 6. The molecular weight excluding hydrogens is 470 g/mol. The summed E-state index contributed by atoms with van der Waals surface area (Å²) in [6.07, 6.45) is 9.30. The smallest absolute Gasteiger partial charge is 0.335 e. The van der Waals surface area contributed by atoms with Crippen LogP contribution in [0.5, 0.6) is 0 Å². The highest BCUT2D eigenvalue weighted by molar-refractivity contribution is 6.39. The fourth-order valence-electron chi connectivity index (χ4n) is 7.84. The van der Waals surface area contributed by atoms with Gasteiger partial charge in [-0.05, 0) is 91.5 Å². The summed E-state index contributed by atoms with van der Waals surface area (Å²) in [5.41, 5.74) is 1.88. The molecule has 37 heavy (non-hydrogen) atoms. The fourth-order valence-corrected chi connectivity index (χ4v) is 7.84. The van der Waals surface area contributed by atoms with Crippen LogP contribution in [0.25, 0.3) is 6.08 Å². The third-order valence-electron chi connectivity index (χ3n) is 9.10. The van der Waals surface area contributed by atoms with Crippen molar-refractivity contribution >= 4 is 35.5 Å². The minimum Gasteiger partial charge on any atom is -0.441 e. The molecule has 3 heterocycles. The second-order valence-electron chi connectivity index (χ2n) is 11.5. The lowest BCUT2D eigenvalue weighted by Gasteiger charge is -2.57. The summed E-state index contributed by atoms with van der Waals surface area (Å²) in [6, 6.07) is 10.7. The summed E-state index contributed by atoms with van der Waals surface area (Å²) in [4.78, 5) is 41.8. The van der Waals surface area contributed by atoms with Crippen LogP contribution in [0.15, 0.2) is 46.4 Å². The Morgan fingerprint density at radius 1 is 0.865 bits per heavy atom. The maximum atomic E-state index is 13.4. The Kier molecular flexibility index (Phi) is 5.29. The highest BCUT2D eigenvalue weighted by Gasteiger charge is 2.51. The van der Waals surface area contributed by atoms with Crippen molar-refractivity contribution in [2.24, 2.45) is 17.8 Å². The van der Waals surface area contributed by atoms with Gasteiger partial charge in [0.2, 0.25) is 0 Å². The van der Waals surface area contributed by atoms with Crippen LogP contribution >= 0.6 is 0 Å². The molecule has 8 heteroatoms. The first kappa shape index (κ1) is 22.8. The number of hydrogen-bond donors (Lipinski definition) is 1. The third-order valence-corrected chi connectivity index (χ3v) is 9.10. The molecule has 2 saturated heterocycles. The van der Waals surface area contributed by atoms with Gasteiger partial charge in [-0.15, -0.1) is 0 Å². The highest BCUT2D eigenvalue weighted by Crippen LogP contribution is 2.60. The van der Waals surface area contributed by atoms with Crippen molar-refractivity contribution in [3.8, 4) is 0 Å². The molecule has 8 rings (SSSR count). The maximum absolute atomic E-state index is 13.4. The zero-order valence-electron chi connectivity index (χ0n) is 20.8. The van der Waals surface area contributed by atoms with Crippen molar-refractivity contribution in [2.75, 3.05) is 36.1 Å². The predicted octanol–water partition coefficient (Wildman–Crippen LogP) is 4.25. The maximum Gasteiger partial charge on any atom is 0.335 e. The van der Waals surface area contributed by atoms with Crippen LogP contribution in [0.3, 0.4) is 0 Å². The number of urea groups is 1. The normalized spacial score (nSPS) is 32.4. The number of carbonyl (C=O) groups excluding carboxylic acids is 3. The number of carbonyl (C=O) groups is 3. The SMILES string of the molecule is O=C1NC(=O)N(c2ccc(C34CC5CC(CC(C5)C3)C4)cc2)C(=O)/C1=C/c1ccc(N2CCOCC2)o1. The molecule has 0 atom stereocenters. The van der Waals surface area contributed by atoms with Gasteiger partial charge < -0.3 is 14.1 Å². The van der Waals surface area contributed by atoms with E-state index in [1.807, 2.05) is 18.2 Å². The summed E-state index contributed by atoms with van der Waals surface area (Å²) in [5, 5.41) is 2.31. The highest BCUT2D eigenvalue weighted by atomic mass is 16.5. The number of rotatable bonds is 4. The number of benzene rings is 1. The van der Waals surface area contributed by atoms with E-state index in [0.29, 0.717) is 43.6 Å². The Hall–Kier alpha value is -3.39. The fraction of sp³-hybridized carbons (Fsp3) is 0.483. The second kappa shape index (κ2) is 8.58. The van der Waals surface area contributed by atoms with E-state index in [4.69, 9.17) is 9.15 Å². The first-order valence-corrected chi connectivity index (χ1v) is 13.4. The molecule has 4 aliphatic carbocycles. The van der Waals surface area contributed by atoms with Crippen LogP contribution in [0.2, 0.25) is 0 Å². The molecular formula is C29H31N3O5. The van der Waals surface area contributed by atoms with Crippen LogP contribution in [0, 0.1) is 17.8 Å². The minimum atomic E-state index is -0.733. The zero-order chi connectivity index (χ0) is 25.1. The molecule has 2 aliphatic heterocycles.